The van der Waals surface area contributed by atoms with Crippen LogP contribution in [0.5, 0.6) is 0 Å². The lowest BCUT2D eigenvalue weighted by atomic mass is 9.82. The number of nitrogens with zero attached hydrogens (tertiary/aromatic N) is 6. The lowest BCUT2D eigenvalue weighted by Gasteiger charge is -2.30. The smallest absolute Gasteiger partial charge is 0.0561 e. The number of para-hydroxylation sites is 7. The van der Waals surface area contributed by atoms with Crippen LogP contribution in [-0.2, 0) is 16.2 Å². The van der Waals surface area contributed by atoms with Crippen LogP contribution in [0.4, 0.5) is 68.2 Å². The Morgan fingerprint density at radius 1 is 0.215 bits per heavy atom. The Bertz CT molecular complexity index is 7310. The second kappa shape index (κ2) is 29.4. The third-order valence-corrected chi connectivity index (χ3v) is 25.1. The minimum absolute atomic E-state index is 0.0864. The molecule has 0 atom stereocenters. The summed E-state index contributed by atoms with van der Waals surface area (Å²) >= 11 is 0. The number of anilines is 12. The van der Waals surface area contributed by atoms with Crippen LogP contribution < -0.4 is 19.6 Å². The number of fused-ring (bicyclic) bond motifs is 10. The monoisotopic (exact) mass is 1560 g/mol. The Hall–Kier alpha value is -14.7. The Kier molecular flexibility index (Phi) is 18.0. The fraction of sp³-hybridized carbons (Fsp3) is 0.0957. The topological polar surface area (TPSA) is 22.8 Å². The van der Waals surface area contributed by atoms with Gasteiger partial charge in [-0.25, -0.2) is 0 Å². The van der Waals surface area contributed by atoms with Crippen LogP contribution in [0.25, 0.3) is 109 Å². The molecule has 0 spiro atoms. The lowest BCUT2D eigenvalue weighted by molar-refractivity contribution is 0.590. The zero-order chi connectivity index (χ0) is 81.8. The number of benzene rings is 19. The molecule has 6 heteroatoms. The minimum atomic E-state index is -0.105. The van der Waals surface area contributed by atoms with Crippen molar-refractivity contribution >= 4 is 155 Å². The first kappa shape index (κ1) is 73.9. The van der Waals surface area contributed by atoms with Gasteiger partial charge in [-0.3, -0.25) is 0 Å². The van der Waals surface area contributed by atoms with E-state index in [4.69, 9.17) is 0 Å². The zero-order valence-electron chi connectivity index (χ0n) is 69.4. The maximum atomic E-state index is 2.47. The molecule has 1 aliphatic rings. The fourth-order valence-electron chi connectivity index (χ4n) is 19.1. The van der Waals surface area contributed by atoms with E-state index in [2.05, 4.69) is 497 Å². The molecule has 0 N–H and O–H groups in total. The van der Waals surface area contributed by atoms with Crippen molar-refractivity contribution in [1.82, 2.24) is 9.13 Å². The molecule has 21 aromatic rings. The predicted octanol–water partition coefficient (Wildman–Crippen LogP) is 32.4. The van der Waals surface area contributed by atoms with Gasteiger partial charge in [0.2, 0.25) is 0 Å². The molecule has 0 bridgehead atoms. The minimum Gasteiger partial charge on any atom is -0.310 e. The first-order valence-corrected chi connectivity index (χ1v) is 42.3. The van der Waals surface area contributed by atoms with Crippen LogP contribution >= 0.6 is 0 Å². The van der Waals surface area contributed by atoms with Crippen molar-refractivity contribution in [2.24, 2.45) is 0 Å². The van der Waals surface area contributed by atoms with Crippen LogP contribution in [0.2, 0.25) is 0 Å². The highest BCUT2D eigenvalue weighted by atomic mass is 15.2. The number of aromatic nitrogens is 2. The van der Waals surface area contributed by atoms with E-state index in [9.17, 15) is 0 Å². The predicted molar refractivity (Wildman–Crippen MR) is 516 cm³/mol. The molecule has 22 rings (SSSR count). The van der Waals surface area contributed by atoms with Crippen LogP contribution in [0.15, 0.2) is 413 Å². The summed E-state index contributed by atoms with van der Waals surface area (Å²) in [7, 11) is 0. The van der Waals surface area contributed by atoms with Gasteiger partial charge in [-0.1, -0.05) is 298 Å². The summed E-state index contributed by atoms with van der Waals surface area (Å²) in [5.74, 6) is 0. The van der Waals surface area contributed by atoms with Gasteiger partial charge in [0, 0.05) is 106 Å². The van der Waals surface area contributed by atoms with Gasteiger partial charge < -0.3 is 28.7 Å². The number of rotatable bonds is 14. The highest BCUT2D eigenvalue weighted by molar-refractivity contribution is 6.28. The van der Waals surface area contributed by atoms with Gasteiger partial charge in [-0.2, -0.15) is 0 Å². The van der Waals surface area contributed by atoms with E-state index >= 15 is 0 Å². The lowest BCUT2D eigenvalue weighted by Crippen LogP contribution is -2.15. The molecule has 0 radical (unpaired) electrons. The van der Waals surface area contributed by atoms with Gasteiger partial charge in [0.05, 0.1) is 33.4 Å². The van der Waals surface area contributed by atoms with E-state index in [1.54, 1.807) is 0 Å². The van der Waals surface area contributed by atoms with E-state index in [0.29, 0.717) is 0 Å². The average Bonchev–Trinajstić information content (AvgIpc) is 1.54. The van der Waals surface area contributed by atoms with E-state index in [1.807, 2.05) is 0 Å². The third-order valence-electron chi connectivity index (χ3n) is 25.1. The molecule has 0 fully saturated rings. The first-order valence-electron chi connectivity index (χ1n) is 42.3. The van der Waals surface area contributed by atoms with Crippen molar-refractivity contribution in [1.29, 1.82) is 0 Å². The molecule has 0 amide bonds. The molecule has 0 aliphatic heterocycles. The van der Waals surface area contributed by atoms with Gasteiger partial charge in [0.15, 0.2) is 0 Å². The van der Waals surface area contributed by atoms with E-state index in [0.717, 1.165) is 73.3 Å². The first-order chi connectivity index (χ1) is 59.1. The van der Waals surface area contributed by atoms with Crippen LogP contribution in [0.1, 0.15) is 77.6 Å². The summed E-state index contributed by atoms with van der Waals surface area (Å²) in [6, 6.07) is 151. The van der Waals surface area contributed by atoms with E-state index in [-0.39, 0.29) is 16.2 Å². The highest BCUT2D eigenvalue weighted by Crippen LogP contribution is 2.53. The molecule has 19 aromatic carbocycles. The van der Waals surface area contributed by atoms with Crippen molar-refractivity contribution in [3.63, 3.8) is 0 Å². The van der Waals surface area contributed by atoms with Crippen molar-refractivity contribution in [2.45, 2.75) is 71.6 Å². The fourth-order valence-corrected chi connectivity index (χ4v) is 19.1. The molecule has 582 valence electrons. The van der Waals surface area contributed by atoms with Crippen LogP contribution in [0, 0.1) is 0 Å². The summed E-state index contributed by atoms with van der Waals surface area (Å²) in [5.41, 5.74) is 28.7. The quantitative estimate of drug-likeness (QED) is 0.101. The second-order valence-electron chi connectivity index (χ2n) is 34.9. The summed E-state index contributed by atoms with van der Waals surface area (Å²) < 4.78 is 4.86. The summed E-state index contributed by atoms with van der Waals surface area (Å²) in [5, 5.41) is 14.8. The van der Waals surface area contributed by atoms with Gasteiger partial charge in [0.25, 0.3) is 0 Å². The van der Waals surface area contributed by atoms with Crippen molar-refractivity contribution in [3.05, 3.63) is 435 Å². The molecule has 2 heterocycles. The SMILES string of the molecule is CC(C)(C)c1ccc(N(c2ccccc2)c2ccc3ccc4c(N(c5ccccc5)c5ccc(C(C)(C)C)cc5)ccc5ccc2c3c54)cc1.CC1(C)c2ccccc2-c2ccc(-n3c4ccccc4c4ccc(N(c5ccccc5)c5ccc6cc(N(c7ccccc7)c7ccc8c9ccccc9n(-c9ccccc9)c8c7)ccc6c5)cc43)cc21. The number of hydrogen-bond acceptors (Lipinski definition) is 4. The summed E-state index contributed by atoms with van der Waals surface area (Å²) in [6.07, 6.45) is 0. The molecular weight excluding hydrogens is 1470 g/mol. The Labute approximate surface area is 707 Å². The Morgan fingerprint density at radius 2 is 0.537 bits per heavy atom. The molecular formula is C115H92N6. The van der Waals surface area contributed by atoms with Crippen molar-refractivity contribution in [2.75, 3.05) is 19.6 Å². The number of hydrogen-bond donors (Lipinski definition) is 0. The Morgan fingerprint density at radius 3 is 0.983 bits per heavy atom. The van der Waals surface area contributed by atoms with Crippen molar-refractivity contribution < 1.29 is 0 Å². The molecule has 0 saturated carbocycles. The zero-order valence-corrected chi connectivity index (χ0v) is 69.4. The Balaban J connectivity index is 0.000000159. The van der Waals surface area contributed by atoms with Gasteiger partial charge in [-0.05, 0) is 246 Å². The van der Waals surface area contributed by atoms with E-state index in [1.165, 1.54) is 126 Å². The highest BCUT2D eigenvalue weighted by Gasteiger charge is 2.36. The van der Waals surface area contributed by atoms with Crippen molar-refractivity contribution in [3.8, 4) is 22.5 Å². The maximum Gasteiger partial charge on any atom is 0.0561 e. The molecule has 0 saturated heterocycles. The molecule has 1 aliphatic carbocycles. The summed E-state index contributed by atoms with van der Waals surface area (Å²) in [6.45, 7) is 18.3. The van der Waals surface area contributed by atoms with Crippen LogP contribution in [-0.4, -0.2) is 9.13 Å². The van der Waals surface area contributed by atoms with Gasteiger partial charge >= 0.3 is 0 Å². The van der Waals surface area contributed by atoms with Gasteiger partial charge in [-0.15, -0.1) is 0 Å². The largest absolute Gasteiger partial charge is 0.310 e. The van der Waals surface area contributed by atoms with E-state index < -0.39 is 0 Å². The van der Waals surface area contributed by atoms with Crippen LogP contribution in [0.3, 0.4) is 0 Å². The standard InChI is InChI=1S/C67H48N4.C48H44N2/c1-67(2)61-27-15-12-24-55(61)56-37-34-52(42-62(56)67)71-64-29-17-14-26-58(64)60-39-36-54(44-66(60)71)69(48-20-8-4-9-21-48)51-33-31-45-40-50(32-30-46(45)41-51)68(47-18-6-3-7-19-47)53-35-38-59-57-25-13-16-28-63(57)70(65(59)43-53)49-22-10-5-11-23-49;1-47(2,3)35-21-25-39(26-22-35)49(37-13-9-7-10-14-37)43-31-19-33-18-30-42-44(32-20-34-17-29-41(43)45(33)46(34)42)50(38-15-11-8-12-16-38)40-27-23-36(24-28-40)48(4,5)6/h3-44H,1-2H3;7-32H,1-6H3. The maximum absolute atomic E-state index is 2.47. The normalized spacial score (nSPS) is 12.5. The molecule has 2 aromatic heterocycles. The van der Waals surface area contributed by atoms with Gasteiger partial charge in [0.1, 0.15) is 0 Å². The summed E-state index contributed by atoms with van der Waals surface area (Å²) in [4.78, 5) is 9.60. The molecule has 0 unspecified atom stereocenters. The molecule has 6 nitrogen and oxygen atoms in total. The second-order valence-corrected chi connectivity index (χ2v) is 34.9. The average molecular weight is 1560 g/mol. The molecule has 121 heavy (non-hydrogen) atoms. The third kappa shape index (κ3) is 12.9.